The topological polar surface area (TPSA) is 59.5 Å². The Morgan fingerprint density at radius 1 is 1.71 bits per heavy atom. The molecule has 0 saturated carbocycles. The molecule has 0 radical (unpaired) electrons. The minimum absolute atomic E-state index is 0.0419. The van der Waals surface area contributed by atoms with Crippen molar-refractivity contribution in [1.29, 1.82) is 0 Å². The molecule has 2 rings (SSSR count). The average molecular weight is 194 g/mol. The molecule has 1 aliphatic heterocycles. The second kappa shape index (κ2) is 3.46. The molecule has 1 unspecified atom stereocenters. The van der Waals surface area contributed by atoms with Crippen molar-refractivity contribution >= 4 is 11.5 Å². The van der Waals surface area contributed by atoms with Gasteiger partial charge in [-0.3, -0.25) is 4.79 Å². The molecule has 0 aromatic carbocycles. The Morgan fingerprint density at radius 2 is 2.50 bits per heavy atom. The Labute approximate surface area is 82.7 Å². The van der Waals surface area contributed by atoms with Crippen molar-refractivity contribution in [2.75, 3.05) is 18.0 Å². The van der Waals surface area contributed by atoms with E-state index in [0.29, 0.717) is 5.76 Å². The Morgan fingerprint density at radius 3 is 3.00 bits per heavy atom. The van der Waals surface area contributed by atoms with E-state index in [0.717, 1.165) is 25.2 Å². The predicted octanol–water partition coefficient (Wildman–Crippen LogP) is 1.02. The highest BCUT2D eigenvalue weighted by molar-refractivity contribution is 5.92. The van der Waals surface area contributed by atoms with E-state index in [-0.39, 0.29) is 11.8 Å². The molecule has 1 aromatic heterocycles. The third-order valence-electron chi connectivity index (χ3n) is 2.52. The van der Waals surface area contributed by atoms with Gasteiger partial charge in [0, 0.05) is 32.1 Å². The molecule has 76 valence electrons. The average Bonchev–Trinajstić information content (AvgIpc) is 2.70. The quantitative estimate of drug-likeness (QED) is 0.714. The molecule has 4 heteroatoms. The maximum absolute atomic E-state index is 11.0. The first-order chi connectivity index (χ1) is 6.66. The zero-order chi connectivity index (χ0) is 10.1. The summed E-state index contributed by atoms with van der Waals surface area (Å²) in [5, 5.41) is 0. The Bertz CT molecular complexity index is 346. The molecule has 0 bridgehead atoms. The summed E-state index contributed by atoms with van der Waals surface area (Å²) in [7, 11) is 0. The molecule has 2 N–H and O–H groups in total. The van der Waals surface area contributed by atoms with E-state index >= 15 is 0 Å². The minimum Gasteiger partial charge on any atom is -0.459 e. The highest BCUT2D eigenvalue weighted by atomic mass is 16.3. The van der Waals surface area contributed by atoms with E-state index in [1.54, 1.807) is 12.3 Å². The summed E-state index contributed by atoms with van der Waals surface area (Å²) >= 11 is 0. The fraction of sp³-hybridized carbons (Fsp3) is 0.500. The summed E-state index contributed by atoms with van der Waals surface area (Å²) in [5.74, 6) is 0.375. The van der Waals surface area contributed by atoms with Gasteiger partial charge in [0.25, 0.3) is 0 Å². The third-order valence-corrected chi connectivity index (χ3v) is 2.52. The number of nitrogens with zero attached hydrogens (tertiary/aromatic N) is 1. The molecule has 1 fully saturated rings. The number of hydrogen-bond acceptors (Lipinski definition) is 4. The molecule has 1 atom stereocenters. The summed E-state index contributed by atoms with van der Waals surface area (Å²) in [4.78, 5) is 13.1. The van der Waals surface area contributed by atoms with Crippen LogP contribution in [-0.4, -0.2) is 24.9 Å². The van der Waals surface area contributed by atoms with Crippen LogP contribution < -0.4 is 10.6 Å². The minimum atomic E-state index is -0.0419. The maximum atomic E-state index is 11.0. The zero-order valence-electron chi connectivity index (χ0n) is 8.19. The van der Waals surface area contributed by atoms with Gasteiger partial charge in [0.2, 0.25) is 0 Å². The van der Waals surface area contributed by atoms with Crippen LogP contribution in [0.2, 0.25) is 0 Å². The Hall–Kier alpha value is -1.29. The van der Waals surface area contributed by atoms with Crippen molar-refractivity contribution in [3.05, 3.63) is 18.1 Å². The number of hydrogen-bond donors (Lipinski definition) is 1. The van der Waals surface area contributed by atoms with Crippen LogP contribution in [0.4, 0.5) is 5.69 Å². The molecule has 1 aliphatic rings. The molecule has 1 aromatic rings. The van der Waals surface area contributed by atoms with Gasteiger partial charge in [-0.15, -0.1) is 0 Å². The molecule has 1 saturated heterocycles. The van der Waals surface area contributed by atoms with Gasteiger partial charge in [0.15, 0.2) is 11.5 Å². The standard InChI is InChI=1S/C10H14N2O2/c1-7(13)10-4-9(6-14-10)12-3-2-8(11)5-12/h4,6,8H,2-3,5,11H2,1H3. The molecule has 2 heterocycles. The number of carbonyl (C=O) groups excluding carboxylic acids is 1. The largest absolute Gasteiger partial charge is 0.459 e. The van der Waals surface area contributed by atoms with Gasteiger partial charge in [0.05, 0.1) is 5.69 Å². The molecule has 14 heavy (non-hydrogen) atoms. The highest BCUT2D eigenvalue weighted by Crippen LogP contribution is 2.22. The van der Waals surface area contributed by atoms with E-state index in [1.165, 1.54) is 6.92 Å². The van der Waals surface area contributed by atoms with Crippen LogP contribution in [0.25, 0.3) is 0 Å². The van der Waals surface area contributed by atoms with Crippen molar-refractivity contribution < 1.29 is 9.21 Å². The van der Waals surface area contributed by atoms with Gasteiger partial charge in [-0.2, -0.15) is 0 Å². The Balaban J connectivity index is 2.13. The lowest BCUT2D eigenvalue weighted by Crippen LogP contribution is -2.25. The summed E-state index contributed by atoms with van der Waals surface area (Å²) < 4.78 is 5.14. The SMILES string of the molecule is CC(=O)c1cc(N2CCC(N)C2)co1. The summed E-state index contributed by atoms with van der Waals surface area (Å²) in [6, 6.07) is 2.02. The lowest BCUT2D eigenvalue weighted by atomic mass is 10.3. The van der Waals surface area contributed by atoms with Crippen LogP contribution in [0.1, 0.15) is 23.9 Å². The monoisotopic (exact) mass is 194 g/mol. The maximum Gasteiger partial charge on any atom is 0.194 e. The normalized spacial score (nSPS) is 21.6. The Kier molecular flexibility index (Phi) is 2.29. The van der Waals surface area contributed by atoms with E-state index < -0.39 is 0 Å². The number of furan rings is 1. The summed E-state index contributed by atoms with van der Waals surface area (Å²) in [6.45, 7) is 3.28. The predicted molar refractivity (Wildman–Crippen MR) is 53.5 cm³/mol. The van der Waals surface area contributed by atoms with Crippen molar-refractivity contribution in [3.8, 4) is 0 Å². The summed E-state index contributed by atoms with van der Waals surface area (Å²) in [6.07, 6.45) is 2.62. The second-order valence-corrected chi connectivity index (χ2v) is 3.72. The molecule has 4 nitrogen and oxygen atoms in total. The van der Waals surface area contributed by atoms with Crippen LogP contribution in [0, 0.1) is 0 Å². The summed E-state index contributed by atoms with van der Waals surface area (Å²) in [5.41, 5.74) is 6.75. The first-order valence-electron chi connectivity index (χ1n) is 4.77. The number of nitrogens with two attached hydrogens (primary N) is 1. The van der Waals surface area contributed by atoms with Crippen LogP contribution in [0.15, 0.2) is 16.7 Å². The van der Waals surface area contributed by atoms with Gasteiger partial charge in [-0.25, -0.2) is 0 Å². The van der Waals surface area contributed by atoms with E-state index in [2.05, 4.69) is 4.90 Å². The van der Waals surface area contributed by atoms with Crippen LogP contribution in [-0.2, 0) is 0 Å². The zero-order valence-corrected chi connectivity index (χ0v) is 8.19. The highest BCUT2D eigenvalue weighted by Gasteiger charge is 2.21. The van der Waals surface area contributed by atoms with Gasteiger partial charge in [-0.1, -0.05) is 0 Å². The van der Waals surface area contributed by atoms with Gasteiger partial charge in [0.1, 0.15) is 6.26 Å². The van der Waals surface area contributed by atoms with Crippen LogP contribution in [0.5, 0.6) is 0 Å². The van der Waals surface area contributed by atoms with Crippen LogP contribution >= 0.6 is 0 Å². The van der Waals surface area contributed by atoms with Gasteiger partial charge in [-0.05, 0) is 6.42 Å². The number of anilines is 1. The van der Waals surface area contributed by atoms with Crippen molar-refractivity contribution in [1.82, 2.24) is 0 Å². The molecule has 0 spiro atoms. The van der Waals surface area contributed by atoms with Crippen molar-refractivity contribution in [2.24, 2.45) is 5.73 Å². The number of ketones is 1. The fourth-order valence-corrected chi connectivity index (χ4v) is 1.70. The first-order valence-corrected chi connectivity index (χ1v) is 4.77. The van der Waals surface area contributed by atoms with Crippen LogP contribution in [0.3, 0.4) is 0 Å². The molecular weight excluding hydrogens is 180 g/mol. The van der Waals surface area contributed by atoms with E-state index in [4.69, 9.17) is 10.2 Å². The first kappa shape index (κ1) is 9.27. The molecular formula is C10H14N2O2. The lowest BCUT2D eigenvalue weighted by Gasteiger charge is -2.14. The third kappa shape index (κ3) is 1.65. The van der Waals surface area contributed by atoms with E-state index in [1.807, 2.05) is 0 Å². The lowest BCUT2D eigenvalue weighted by molar-refractivity contribution is 0.0987. The molecule has 0 aliphatic carbocycles. The van der Waals surface area contributed by atoms with E-state index in [9.17, 15) is 4.79 Å². The number of carbonyl (C=O) groups is 1. The van der Waals surface area contributed by atoms with Crippen molar-refractivity contribution in [3.63, 3.8) is 0 Å². The molecule has 0 amide bonds. The smallest absolute Gasteiger partial charge is 0.194 e. The fourth-order valence-electron chi connectivity index (χ4n) is 1.70. The number of rotatable bonds is 2. The van der Waals surface area contributed by atoms with Gasteiger partial charge >= 0.3 is 0 Å². The van der Waals surface area contributed by atoms with Crippen molar-refractivity contribution in [2.45, 2.75) is 19.4 Å². The second-order valence-electron chi connectivity index (χ2n) is 3.72. The van der Waals surface area contributed by atoms with Gasteiger partial charge < -0.3 is 15.1 Å². The number of Topliss-reactive ketones (excluding diaryl/α,β-unsaturated/α-hetero) is 1.